The number of carbonyl (C=O) groups is 1. The van der Waals surface area contributed by atoms with Crippen LogP contribution in [0.1, 0.15) is 49.4 Å². The third kappa shape index (κ3) is 2.47. The monoisotopic (exact) mass is 267 g/mol. The van der Waals surface area contributed by atoms with Gasteiger partial charge in [-0.25, -0.2) is 0 Å². The Kier molecular flexibility index (Phi) is 3.81. The molecular formula is C18H21NO. The molecule has 0 bridgehead atoms. The fourth-order valence-electron chi connectivity index (χ4n) is 3.43. The first-order valence-corrected chi connectivity index (χ1v) is 7.66. The van der Waals surface area contributed by atoms with E-state index in [-0.39, 0.29) is 5.92 Å². The van der Waals surface area contributed by atoms with Crippen molar-refractivity contribution in [2.75, 3.05) is 0 Å². The molecule has 20 heavy (non-hydrogen) atoms. The van der Waals surface area contributed by atoms with E-state index in [4.69, 9.17) is 0 Å². The molecule has 2 atom stereocenters. The predicted octanol–water partition coefficient (Wildman–Crippen LogP) is 4.63. The van der Waals surface area contributed by atoms with Crippen LogP contribution in [0.2, 0.25) is 0 Å². The average Bonchev–Trinajstić information content (AvgIpc) is 2.53. The Morgan fingerprint density at radius 3 is 2.95 bits per heavy atom. The van der Waals surface area contributed by atoms with Crippen LogP contribution in [0.25, 0.3) is 10.8 Å². The summed E-state index contributed by atoms with van der Waals surface area (Å²) >= 11 is 0. The standard InChI is InChI=1S/C18H21NO/c1-2-13-6-5-8-14(10-13)18(20)17-12-19-11-15-7-3-4-9-16(15)17/h3-4,7,9,11-14H,2,5-6,8,10H2,1H3. The van der Waals surface area contributed by atoms with E-state index < -0.39 is 0 Å². The molecule has 1 heterocycles. The quantitative estimate of drug-likeness (QED) is 0.759. The van der Waals surface area contributed by atoms with E-state index in [1.807, 2.05) is 30.5 Å². The SMILES string of the molecule is CCC1CCCC(C(=O)c2cncc3ccccc23)C1. The zero-order chi connectivity index (χ0) is 13.9. The molecule has 2 nitrogen and oxygen atoms in total. The van der Waals surface area contributed by atoms with Gasteiger partial charge in [0.05, 0.1) is 0 Å². The molecule has 2 unspecified atom stereocenters. The van der Waals surface area contributed by atoms with Gasteiger partial charge in [0.15, 0.2) is 5.78 Å². The van der Waals surface area contributed by atoms with E-state index in [0.717, 1.165) is 35.1 Å². The van der Waals surface area contributed by atoms with Crippen molar-refractivity contribution >= 4 is 16.6 Å². The van der Waals surface area contributed by atoms with Crippen LogP contribution in [-0.2, 0) is 0 Å². The van der Waals surface area contributed by atoms with E-state index in [2.05, 4.69) is 11.9 Å². The minimum atomic E-state index is 0.196. The molecule has 2 heteroatoms. The molecule has 0 amide bonds. The molecular weight excluding hydrogens is 246 g/mol. The summed E-state index contributed by atoms with van der Waals surface area (Å²) in [5.41, 5.74) is 0.810. The van der Waals surface area contributed by atoms with E-state index in [1.165, 1.54) is 19.3 Å². The highest BCUT2D eigenvalue weighted by Crippen LogP contribution is 2.34. The van der Waals surface area contributed by atoms with Crippen LogP contribution in [0.5, 0.6) is 0 Å². The third-order valence-corrected chi connectivity index (χ3v) is 4.66. The van der Waals surface area contributed by atoms with E-state index in [9.17, 15) is 4.79 Å². The normalized spacial score (nSPS) is 22.9. The maximum absolute atomic E-state index is 12.8. The Morgan fingerprint density at radius 1 is 1.25 bits per heavy atom. The lowest BCUT2D eigenvalue weighted by atomic mass is 9.77. The Labute approximate surface area is 120 Å². The van der Waals surface area contributed by atoms with Crippen LogP contribution < -0.4 is 0 Å². The fourth-order valence-corrected chi connectivity index (χ4v) is 3.43. The van der Waals surface area contributed by atoms with Gasteiger partial charge in [0, 0.05) is 29.3 Å². The molecule has 104 valence electrons. The summed E-state index contributed by atoms with van der Waals surface area (Å²) in [5, 5.41) is 2.10. The highest BCUT2D eigenvalue weighted by molar-refractivity contribution is 6.08. The topological polar surface area (TPSA) is 30.0 Å². The van der Waals surface area contributed by atoms with Crippen LogP contribution in [0, 0.1) is 11.8 Å². The number of benzene rings is 1. The summed E-state index contributed by atoms with van der Waals surface area (Å²) in [6.07, 6.45) is 9.35. The maximum Gasteiger partial charge on any atom is 0.168 e. The zero-order valence-electron chi connectivity index (χ0n) is 12.0. The lowest BCUT2D eigenvalue weighted by molar-refractivity contribution is 0.0863. The smallest absolute Gasteiger partial charge is 0.168 e. The number of Topliss-reactive ketones (excluding diaryl/α,β-unsaturated/α-hetero) is 1. The molecule has 0 spiro atoms. The average molecular weight is 267 g/mol. The second-order valence-corrected chi connectivity index (χ2v) is 5.91. The van der Waals surface area contributed by atoms with Gasteiger partial charge in [-0.15, -0.1) is 0 Å². The van der Waals surface area contributed by atoms with Gasteiger partial charge >= 0.3 is 0 Å². The Morgan fingerprint density at radius 2 is 2.10 bits per heavy atom. The fraction of sp³-hybridized carbons (Fsp3) is 0.444. The Balaban J connectivity index is 1.92. The number of ketones is 1. The van der Waals surface area contributed by atoms with Crippen molar-refractivity contribution < 1.29 is 4.79 Å². The highest BCUT2D eigenvalue weighted by Gasteiger charge is 2.28. The first-order valence-electron chi connectivity index (χ1n) is 7.66. The van der Waals surface area contributed by atoms with Gasteiger partial charge in [0.25, 0.3) is 0 Å². The van der Waals surface area contributed by atoms with Gasteiger partial charge in [-0.05, 0) is 24.1 Å². The molecule has 0 N–H and O–H groups in total. The minimum absolute atomic E-state index is 0.196. The summed E-state index contributed by atoms with van der Waals surface area (Å²) in [7, 11) is 0. The zero-order valence-corrected chi connectivity index (χ0v) is 12.0. The van der Waals surface area contributed by atoms with Gasteiger partial charge in [-0.2, -0.15) is 0 Å². The van der Waals surface area contributed by atoms with Gasteiger partial charge in [0.1, 0.15) is 0 Å². The molecule has 1 aromatic heterocycles. The summed E-state index contributed by atoms with van der Waals surface area (Å²) < 4.78 is 0. The molecule has 0 aliphatic heterocycles. The van der Waals surface area contributed by atoms with Crippen molar-refractivity contribution in [3.63, 3.8) is 0 Å². The molecule has 3 rings (SSSR count). The minimum Gasteiger partial charge on any atom is -0.294 e. The van der Waals surface area contributed by atoms with Crippen molar-refractivity contribution in [3.8, 4) is 0 Å². The number of pyridine rings is 1. The summed E-state index contributed by atoms with van der Waals surface area (Å²) in [5.74, 6) is 1.22. The van der Waals surface area contributed by atoms with Crippen LogP contribution in [-0.4, -0.2) is 10.8 Å². The molecule has 2 aromatic rings. The second-order valence-electron chi connectivity index (χ2n) is 5.91. The maximum atomic E-state index is 12.8. The molecule has 1 saturated carbocycles. The van der Waals surface area contributed by atoms with Crippen molar-refractivity contribution in [2.45, 2.75) is 39.0 Å². The van der Waals surface area contributed by atoms with Crippen molar-refractivity contribution in [3.05, 3.63) is 42.2 Å². The van der Waals surface area contributed by atoms with Crippen LogP contribution in [0.3, 0.4) is 0 Å². The number of fused-ring (bicyclic) bond motifs is 1. The van der Waals surface area contributed by atoms with E-state index >= 15 is 0 Å². The van der Waals surface area contributed by atoms with Crippen LogP contribution in [0.4, 0.5) is 0 Å². The van der Waals surface area contributed by atoms with E-state index in [1.54, 1.807) is 6.20 Å². The lowest BCUT2D eigenvalue weighted by Gasteiger charge is -2.27. The summed E-state index contributed by atoms with van der Waals surface area (Å²) in [4.78, 5) is 17.1. The first-order chi connectivity index (χ1) is 9.79. The van der Waals surface area contributed by atoms with Gasteiger partial charge in [-0.3, -0.25) is 9.78 Å². The summed E-state index contributed by atoms with van der Waals surface area (Å²) in [6.45, 7) is 2.23. The Hall–Kier alpha value is -1.70. The molecule has 1 aliphatic carbocycles. The van der Waals surface area contributed by atoms with Crippen LogP contribution >= 0.6 is 0 Å². The van der Waals surface area contributed by atoms with Crippen molar-refractivity contribution in [2.24, 2.45) is 11.8 Å². The molecule has 0 radical (unpaired) electrons. The number of hydrogen-bond acceptors (Lipinski definition) is 2. The largest absolute Gasteiger partial charge is 0.294 e. The van der Waals surface area contributed by atoms with Gasteiger partial charge in [0.2, 0.25) is 0 Å². The third-order valence-electron chi connectivity index (χ3n) is 4.66. The Bertz CT molecular complexity index is 614. The number of carbonyl (C=O) groups excluding carboxylic acids is 1. The van der Waals surface area contributed by atoms with Crippen molar-refractivity contribution in [1.29, 1.82) is 0 Å². The number of rotatable bonds is 3. The van der Waals surface area contributed by atoms with E-state index in [0.29, 0.717) is 5.78 Å². The van der Waals surface area contributed by atoms with Crippen LogP contribution in [0.15, 0.2) is 36.7 Å². The second kappa shape index (κ2) is 5.74. The number of nitrogens with zero attached hydrogens (tertiary/aromatic N) is 1. The molecule has 0 saturated heterocycles. The summed E-state index contributed by atoms with van der Waals surface area (Å²) in [6, 6.07) is 8.04. The van der Waals surface area contributed by atoms with Gasteiger partial charge in [-0.1, -0.05) is 50.5 Å². The predicted molar refractivity (Wildman–Crippen MR) is 81.8 cm³/mol. The molecule has 1 fully saturated rings. The highest BCUT2D eigenvalue weighted by atomic mass is 16.1. The molecule has 1 aliphatic rings. The molecule has 1 aromatic carbocycles. The number of hydrogen-bond donors (Lipinski definition) is 0. The number of aromatic nitrogens is 1. The lowest BCUT2D eigenvalue weighted by Crippen LogP contribution is -2.23. The van der Waals surface area contributed by atoms with Crippen molar-refractivity contribution in [1.82, 2.24) is 4.98 Å². The first kappa shape index (κ1) is 13.3. The van der Waals surface area contributed by atoms with Gasteiger partial charge < -0.3 is 0 Å².